The number of rotatable bonds is 2. The summed E-state index contributed by atoms with van der Waals surface area (Å²) in [6.45, 7) is 3.20. The van der Waals surface area contributed by atoms with Crippen LogP contribution in [-0.4, -0.2) is 37.2 Å². The number of hydrogen-bond donors (Lipinski definition) is 1. The second-order valence-electron chi connectivity index (χ2n) is 4.01. The summed E-state index contributed by atoms with van der Waals surface area (Å²) in [6, 6.07) is 4.54. The molecule has 98 valence electrons. The van der Waals surface area contributed by atoms with Crippen LogP contribution in [-0.2, 0) is 11.3 Å². The third kappa shape index (κ3) is 3.43. The van der Waals surface area contributed by atoms with Gasteiger partial charge in [0.15, 0.2) is 5.96 Å². The monoisotopic (exact) mass is 315 g/mol. The highest BCUT2D eigenvalue weighted by molar-refractivity contribution is 9.10. The van der Waals surface area contributed by atoms with Crippen LogP contribution in [0.3, 0.4) is 0 Å². The van der Waals surface area contributed by atoms with Crippen molar-refractivity contribution in [2.45, 2.75) is 6.54 Å². The fraction of sp³-hybridized carbons (Fsp3) is 0.417. The lowest BCUT2D eigenvalue weighted by Gasteiger charge is -2.27. The molecule has 2 N–H and O–H groups in total. The van der Waals surface area contributed by atoms with Gasteiger partial charge in [-0.3, -0.25) is 0 Å². The lowest BCUT2D eigenvalue weighted by atomic mass is 10.2. The number of ether oxygens (including phenoxy) is 1. The molecule has 6 heteroatoms. The first-order chi connectivity index (χ1) is 8.66. The van der Waals surface area contributed by atoms with Crippen LogP contribution >= 0.6 is 15.9 Å². The molecule has 1 aliphatic heterocycles. The topological polar surface area (TPSA) is 50.8 Å². The predicted octanol–water partition coefficient (Wildman–Crippen LogP) is 1.74. The first-order valence-electron chi connectivity index (χ1n) is 5.73. The predicted molar refractivity (Wildman–Crippen MR) is 71.8 cm³/mol. The van der Waals surface area contributed by atoms with Crippen molar-refractivity contribution in [2.24, 2.45) is 10.7 Å². The highest BCUT2D eigenvalue weighted by Crippen LogP contribution is 2.18. The number of aliphatic imine (C=N–C) groups is 1. The van der Waals surface area contributed by atoms with Gasteiger partial charge in [-0.25, -0.2) is 9.38 Å². The molecule has 18 heavy (non-hydrogen) atoms. The van der Waals surface area contributed by atoms with Gasteiger partial charge in [0.1, 0.15) is 5.82 Å². The average molecular weight is 316 g/mol. The normalized spacial score (nSPS) is 17.0. The van der Waals surface area contributed by atoms with E-state index in [1.807, 2.05) is 4.90 Å². The van der Waals surface area contributed by atoms with Gasteiger partial charge in [-0.2, -0.15) is 0 Å². The number of nitrogens with two attached hydrogens (primary N) is 1. The molecule has 0 aromatic heterocycles. The van der Waals surface area contributed by atoms with E-state index in [0.717, 1.165) is 23.1 Å². The van der Waals surface area contributed by atoms with Gasteiger partial charge >= 0.3 is 0 Å². The van der Waals surface area contributed by atoms with Gasteiger partial charge in [0.2, 0.25) is 0 Å². The van der Waals surface area contributed by atoms with Crippen LogP contribution in [0.25, 0.3) is 0 Å². The minimum absolute atomic E-state index is 0.270. The van der Waals surface area contributed by atoms with Gasteiger partial charge in [0.25, 0.3) is 0 Å². The van der Waals surface area contributed by atoms with E-state index < -0.39 is 0 Å². The van der Waals surface area contributed by atoms with E-state index in [1.54, 1.807) is 6.07 Å². The summed E-state index contributed by atoms with van der Waals surface area (Å²) in [4.78, 5) is 6.26. The van der Waals surface area contributed by atoms with Crippen molar-refractivity contribution < 1.29 is 9.13 Å². The zero-order valence-electron chi connectivity index (χ0n) is 9.90. The van der Waals surface area contributed by atoms with Crippen molar-refractivity contribution in [3.05, 3.63) is 34.1 Å². The van der Waals surface area contributed by atoms with Crippen LogP contribution in [0.5, 0.6) is 0 Å². The van der Waals surface area contributed by atoms with Crippen LogP contribution in [0.4, 0.5) is 4.39 Å². The fourth-order valence-corrected chi connectivity index (χ4v) is 2.10. The summed E-state index contributed by atoms with van der Waals surface area (Å²) < 4.78 is 19.2. The Hall–Kier alpha value is -1.14. The molecule has 0 spiro atoms. The number of halogens is 2. The summed E-state index contributed by atoms with van der Waals surface area (Å²) in [7, 11) is 0. The van der Waals surface area contributed by atoms with Gasteiger partial charge in [-0.05, 0) is 23.8 Å². The molecule has 0 radical (unpaired) electrons. The molecule has 0 unspecified atom stereocenters. The maximum absolute atomic E-state index is 13.1. The maximum atomic E-state index is 13.1. The van der Waals surface area contributed by atoms with Crippen LogP contribution in [0, 0.1) is 5.82 Å². The Bertz CT molecular complexity index is 447. The summed E-state index contributed by atoms with van der Waals surface area (Å²) in [5.41, 5.74) is 6.68. The summed E-state index contributed by atoms with van der Waals surface area (Å²) in [5, 5.41) is 0. The quantitative estimate of drug-likeness (QED) is 0.668. The van der Waals surface area contributed by atoms with E-state index in [4.69, 9.17) is 10.5 Å². The maximum Gasteiger partial charge on any atom is 0.191 e. The number of benzene rings is 1. The van der Waals surface area contributed by atoms with Crippen molar-refractivity contribution in [2.75, 3.05) is 26.3 Å². The molecule has 0 amide bonds. The molecule has 1 heterocycles. The fourth-order valence-electron chi connectivity index (χ4n) is 1.72. The SMILES string of the molecule is NC(=NCc1cc(F)ccc1Br)N1CCOCC1. The van der Waals surface area contributed by atoms with Crippen LogP contribution < -0.4 is 5.73 Å². The van der Waals surface area contributed by atoms with Crippen molar-refractivity contribution in [3.8, 4) is 0 Å². The van der Waals surface area contributed by atoms with E-state index in [-0.39, 0.29) is 5.82 Å². The Kier molecular flexibility index (Phi) is 4.54. The zero-order chi connectivity index (χ0) is 13.0. The lowest BCUT2D eigenvalue weighted by Crippen LogP contribution is -2.44. The van der Waals surface area contributed by atoms with Crippen molar-refractivity contribution >= 4 is 21.9 Å². The van der Waals surface area contributed by atoms with E-state index in [0.29, 0.717) is 25.7 Å². The molecule has 1 saturated heterocycles. The average Bonchev–Trinajstić information content (AvgIpc) is 2.40. The molecule has 1 aromatic rings. The molecule has 2 rings (SSSR count). The smallest absolute Gasteiger partial charge is 0.191 e. The Labute approximate surface area is 114 Å². The highest BCUT2D eigenvalue weighted by atomic mass is 79.9. The molecule has 4 nitrogen and oxygen atoms in total. The Morgan fingerprint density at radius 3 is 2.89 bits per heavy atom. The van der Waals surface area contributed by atoms with E-state index >= 15 is 0 Å². The first kappa shape index (κ1) is 13.3. The molecule has 0 saturated carbocycles. The van der Waals surface area contributed by atoms with Gasteiger partial charge < -0.3 is 15.4 Å². The molecular weight excluding hydrogens is 301 g/mol. The molecule has 1 aromatic carbocycles. The van der Waals surface area contributed by atoms with Gasteiger partial charge in [0.05, 0.1) is 19.8 Å². The van der Waals surface area contributed by atoms with Crippen LogP contribution in [0.1, 0.15) is 5.56 Å². The number of guanidine groups is 1. The molecule has 1 fully saturated rings. The van der Waals surface area contributed by atoms with E-state index in [1.165, 1.54) is 12.1 Å². The zero-order valence-corrected chi connectivity index (χ0v) is 11.5. The second kappa shape index (κ2) is 6.15. The van der Waals surface area contributed by atoms with E-state index in [9.17, 15) is 4.39 Å². The van der Waals surface area contributed by atoms with Crippen molar-refractivity contribution in [3.63, 3.8) is 0 Å². The number of morpholine rings is 1. The number of nitrogens with zero attached hydrogens (tertiary/aromatic N) is 2. The summed E-state index contributed by atoms with van der Waals surface area (Å²) in [6.07, 6.45) is 0. The standard InChI is InChI=1S/C12H15BrFN3O/c13-11-2-1-10(14)7-9(11)8-16-12(15)17-3-5-18-6-4-17/h1-2,7H,3-6,8H2,(H2,15,16). The van der Waals surface area contributed by atoms with Gasteiger partial charge in [-0.1, -0.05) is 15.9 Å². The minimum atomic E-state index is -0.270. The Morgan fingerprint density at radius 1 is 1.44 bits per heavy atom. The molecule has 1 aliphatic rings. The van der Waals surface area contributed by atoms with Crippen LogP contribution in [0.15, 0.2) is 27.7 Å². The summed E-state index contributed by atoms with van der Waals surface area (Å²) >= 11 is 3.37. The third-order valence-corrected chi connectivity index (χ3v) is 3.53. The molecular formula is C12H15BrFN3O. The van der Waals surface area contributed by atoms with Gasteiger partial charge in [0, 0.05) is 17.6 Å². The molecule has 0 aliphatic carbocycles. The van der Waals surface area contributed by atoms with E-state index in [2.05, 4.69) is 20.9 Å². The second-order valence-corrected chi connectivity index (χ2v) is 4.86. The number of hydrogen-bond acceptors (Lipinski definition) is 2. The minimum Gasteiger partial charge on any atom is -0.378 e. The molecule has 0 bridgehead atoms. The largest absolute Gasteiger partial charge is 0.378 e. The van der Waals surface area contributed by atoms with Gasteiger partial charge in [-0.15, -0.1) is 0 Å². The van der Waals surface area contributed by atoms with Crippen molar-refractivity contribution in [1.82, 2.24) is 4.90 Å². The van der Waals surface area contributed by atoms with Crippen LogP contribution in [0.2, 0.25) is 0 Å². The first-order valence-corrected chi connectivity index (χ1v) is 6.52. The lowest BCUT2D eigenvalue weighted by molar-refractivity contribution is 0.0674. The Morgan fingerprint density at radius 2 is 2.17 bits per heavy atom. The van der Waals surface area contributed by atoms with Crippen molar-refractivity contribution in [1.29, 1.82) is 0 Å². The Balaban J connectivity index is 2.02. The third-order valence-electron chi connectivity index (χ3n) is 2.75. The highest BCUT2D eigenvalue weighted by Gasteiger charge is 2.12. The summed E-state index contributed by atoms with van der Waals surface area (Å²) in [5.74, 6) is 0.211. The molecule has 0 atom stereocenters.